The van der Waals surface area contributed by atoms with Crippen LogP contribution >= 0.6 is 13.5 Å². The van der Waals surface area contributed by atoms with Gasteiger partial charge >= 0.3 is 0 Å². The van der Waals surface area contributed by atoms with Crippen LogP contribution in [0, 0.1) is 25.6 Å². The van der Waals surface area contributed by atoms with E-state index >= 15 is 4.39 Å². The molecule has 6 heterocycles. The molecule has 0 spiro atoms. The van der Waals surface area contributed by atoms with Gasteiger partial charge in [-0.05, 0) is 63.9 Å². The first-order chi connectivity index (χ1) is 16.5. The molecule has 0 saturated carbocycles. The van der Waals surface area contributed by atoms with Crippen LogP contribution in [-0.4, -0.2) is 60.4 Å². The Morgan fingerprint density at radius 3 is 2.60 bits per heavy atom. The Morgan fingerprint density at radius 1 is 1.09 bits per heavy atom. The Bertz CT molecular complexity index is 1360. The van der Waals surface area contributed by atoms with Crippen LogP contribution in [0.1, 0.15) is 29.9 Å². The molecule has 0 amide bonds. The van der Waals surface area contributed by atoms with Gasteiger partial charge in [-0.15, -0.1) is 5.10 Å². The first-order valence-corrected chi connectivity index (χ1v) is 11.7. The van der Waals surface area contributed by atoms with E-state index in [4.69, 9.17) is 9.72 Å². The Balaban J connectivity index is 0.00000253. The highest BCUT2D eigenvalue weighted by molar-refractivity contribution is 7.59. The Kier molecular flexibility index (Phi) is 6.41. The number of ether oxygens (including phenoxy) is 1. The van der Waals surface area contributed by atoms with E-state index in [2.05, 4.69) is 25.1 Å². The summed E-state index contributed by atoms with van der Waals surface area (Å²) in [5.41, 5.74) is 3.22. The molecule has 3 fully saturated rings. The van der Waals surface area contributed by atoms with Crippen molar-refractivity contribution in [1.29, 1.82) is 0 Å². The average Bonchev–Trinajstić information content (AvgIpc) is 3.21. The summed E-state index contributed by atoms with van der Waals surface area (Å²) >= 11 is 0. The fourth-order valence-electron chi connectivity index (χ4n) is 5.16. The van der Waals surface area contributed by atoms with Gasteiger partial charge < -0.3 is 9.30 Å². The molecule has 0 aliphatic carbocycles. The number of halogens is 1. The molecule has 1 unspecified atom stereocenters. The molecule has 0 radical (unpaired) electrons. The quantitative estimate of drug-likeness (QED) is 0.420. The summed E-state index contributed by atoms with van der Waals surface area (Å²) in [5, 5.41) is 8.21. The molecule has 4 aromatic rings. The lowest BCUT2D eigenvalue weighted by molar-refractivity contribution is -0.00789. The molecule has 3 aromatic heterocycles. The number of rotatable bonds is 5. The number of benzene rings is 1. The van der Waals surface area contributed by atoms with Crippen LogP contribution in [0.4, 0.5) is 4.39 Å². The molecule has 7 rings (SSSR count). The molecule has 10 heteroatoms. The van der Waals surface area contributed by atoms with Crippen molar-refractivity contribution in [2.75, 3.05) is 19.6 Å². The second kappa shape index (κ2) is 9.50. The molecular weight excluding hydrogens is 465 g/mol. The Hall–Kier alpha value is -3.11. The number of hydrogen-bond donors (Lipinski definition) is 0. The predicted octanol–water partition coefficient (Wildman–Crippen LogP) is 3.67. The minimum atomic E-state index is -0.312. The van der Waals surface area contributed by atoms with Gasteiger partial charge in [-0.25, -0.2) is 19.3 Å². The van der Waals surface area contributed by atoms with E-state index in [9.17, 15) is 0 Å². The maximum absolute atomic E-state index is 15.3. The molecule has 1 aromatic carbocycles. The molecule has 8 nitrogen and oxygen atoms in total. The van der Waals surface area contributed by atoms with Crippen molar-refractivity contribution < 1.29 is 9.13 Å². The Labute approximate surface area is 210 Å². The van der Waals surface area contributed by atoms with E-state index in [0.717, 1.165) is 38.2 Å². The van der Waals surface area contributed by atoms with E-state index in [1.54, 1.807) is 18.3 Å². The highest BCUT2D eigenvalue weighted by Crippen LogP contribution is 2.32. The van der Waals surface area contributed by atoms with Crippen molar-refractivity contribution in [3.63, 3.8) is 0 Å². The summed E-state index contributed by atoms with van der Waals surface area (Å²) in [4.78, 5) is 16.2. The van der Waals surface area contributed by atoms with Crippen LogP contribution < -0.4 is 4.74 Å². The van der Waals surface area contributed by atoms with E-state index in [1.807, 2.05) is 30.5 Å². The van der Waals surface area contributed by atoms with Crippen molar-refractivity contribution in [2.24, 2.45) is 5.92 Å². The second-order valence-corrected chi connectivity index (χ2v) is 9.21. The van der Waals surface area contributed by atoms with Crippen molar-refractivity contribution >= 4 is 24.7 Å². The third kappa shape index (κ3) is 4.48. The topological polar surface area (TPSA) is 81.8 Å². The predicted molar refractivity (Wildman–Crippen MR) is 135 cm³/mol. The number of hydrogen-bond acceptors (Lipinski definition) is 7. The fourth-order valence-corrected chi connectivity index (χ4v) is 5.16. The summed E-state index contributed by atoms with van der Waals surface area (Å²) in [6, 6.07) is 8.79. The maximum Gasteiger partial charge on any atom is 0.164 e. The van der Waals surface area contributed by atoms with Gasteiger partial charge in [-0.1, -0.05) is 6.07 Å². The summed E-state index contributed by atoms with van der Waals surface area (Å²) in [6.07, 6.45) is 4.06. The van der Waals surface area contributed by atoms with Crippen molar-refractivity contribution in [3.8, 4) is 17.3 Å². The number of imidazole rings is 1. The van der Waals surface area contributed by atoms with Crippen molar-refractivity contribution in [2.45, 2.75) is 39.3 Å². The number of fused-ring (bicyclic) bond motifs is 4. The molecule has 3 aliphatic rings. The molecule has 3 aliphatic heterocycles. The maximum atomic E-state index is 15.3. The zero-order valence-corrected chi connectivity index (χ0v) is 20.8. The highest BCUT2D eigenvalue weighted by atomic mass is 32.1. The number of nitrogens with zero attached hydrogens (tertiary/aromatic N) is 7. The van der Waals surface area contributed by atoms with Gasteiger partial charge in [0.05, 0.1) is 12.2 Å². The van der Waals surface area contributed by atoms with Gasteiger partial charge in [0.15, 0.2) is 11.5 Å². The van der Waals surface area contributed by atoms with Crippen LogP contribution in [0.25, 0.3) is 22.7 Å². The SMILES string of the molecule is Cc1nc(C)c2nc(-c3cccnn3)n(Cc3ccc(OC4CN5CCC4CC5)cc3F)c2n1.S. The monoisotopic (exact) mass is 493 g/mol. The van der Waals surface area contributed by atoms with E-state index in [1.165, 1.54) is 6.07 Å². The van der Waals surface area contributed by atoms with Gasteiger partial charge in [0, 0.05) is 24.4 Å². The Morgan fingerprint density at radius 2 is 1.91 bits per heavy atom. The first-order valence-electron chi connectivity index (χ1n) is 11.7. The summed E-state index contributed by atoms with van der Waals surface area (Å²) in [5.74, 6) is 2.05. The lowest BCUT2D eigenvalue weighted by atomic mass is 9.86. The molecule has 35 heavy (non-hydrogen) atoms. The lowest BCUT2D eigenvalue weighted by Gasteiger charge is -2.44. The van der Waals surface area contributed by atoms with Crippen LogP contribution in [0.15, 0.2) is 36.5 Å². The van der Waals surface area contributed by atoms with Gasteiger partial charge in [-0.3, -0.25) is 4.90 Å². The second-order valence-electron chi connectivity index (χ2n) is 9.21. The summed E-state index contributed by atoms with van der Waals surface area (Å²) in [6.45, 7) is 7.21. The first kappa shape index (κ1) is 23.6. The molecule has 0 N–H and O–H groups in total. The molecular formula is C25H28FN7OS. The molecule has 1 atom stereocenters. The minimum Gasteiger partial charge on any atom is -0.489 e. The van der Waals surface area contributed by atoms with Crippen LogP contribution in [0.2, 0.25) is 0 Å². The van der Waals surface area contributed by atoms with Crippen LogP contribution in [-0.2, 0) is 6.54 Å². The van der Waals surface area contributed by atoms with E-state index in [0.29, 0.717) is 45.7 Å². The van der Waals surface area contributed by atoms with Gasteiger partial charge in [0.25, 0.3) is 0 Å². The average molecular weight is 494 g/mol. The van der Waals surface area contributed by atoms with Crippen molar-refractivity contribution in [1.82, 2.24) is 34.6 Å². The molecule has 2 bridgehead atoms. The zero-order valence-electron chi connectivity index (χ0n) is 19.8. The minimum absolute atomic E-state index is 0. The highest BCUT2D eigenvalue weighted by Gasteiger charge is 2.35. The van der Waals surface area contributed by atoms with Gasteiger partial charge in [0.1, 0.15) is 34.7 Å². The number of piperidine rings is 3. The van der Waals surface area contributed by atoms with E-state index in [-0.39, 0.29) is 32.0 Å². The van der Waals surface area contributed by atoms with Crippen molar-refractivity contribution in [3.05, 3.63) is 59.4 Å². The zero-order chi connectivity index (χ0) is 23.2. The smallest absolute Gasteiger partial charge is 0.164 e. The van der Waals surface area contributed by atoms with Crippen LogP contribution in [0.5, 0.6) is 5.75 Å². The molecule has 3 saturated heterocycles. The third-order valence-electron chi connectivity index (χ3n) is 6.92. The number of aryl methyl sites for hydroxylation is 2. The lowest BCUT2D eigenvalue weighted by Crippen LogP contribution is -2.52. The normalized spacial score (nSPS) is 21.2. The summed E-state index contributed by atoms with van der Waals surface area (Å²) < 4.78 is 23.4. The molecule has 182 valence electrons. The largest absolute Gasteiger partial charge is 0.489 e. The van der Waals surface area contributed by atoms with E-state index < -0.39 is 0 Å². The van der Waals surface area contributed by atoms with Gasteiger partial charge in [-0.2, -0.15) is 18.6 Å². The standard InChI is InChI=1S/C25H26FN7O.H2S/c1-15-23-25(29-16(2)28-15)33(24(30-23)21-4-3-9-27-31-21)13-18-5-6-19(12-20(18)26)34-22-14-32-10-7-17(22)8-11-32;/h3-6,9,12,17,22H,7-8,10-11,13-14H2,1-2H3;1H2. The van der Waals surface area contributed by atoms with Gasteiger partial charge in [0.2, 0.25) is 0 Å². The fraction of sp³-hybridized carbons (Fsp3) is 0.400. The third-order valence-corrected chi connectivity index (χ3v) is 6.92. The summed E-state index contributed by atoms with van der Waals surface area (Å²) in [7, 11) is 0. The number of aromatic nitrogens is 6. The van der Waals surface area contributed by atoms with Crippen LogP contribution in [0.3, 0.4) is 0 Å².